The van der Waals surface area contributed by atoms with E-state index in [4.69, 9.17) is 10.5 Å². The van der Waals surface area contributed by atoms with Gasteiger partial charge in [0.25, 0.3) is 0 Å². The Hall–Kier alpha value is -1.56. The number of nitrogens with two attached hydrogens (primary N) is 1. The number of ether oxygens (including phenoxy) is 1. The second kappa shape index (κ2) is 6.26. The fourth-order valence-corrected chi connectivity index (χ4v) is 3.30. The second-order valence-corrected chi connectivity index (χ2v) is 6.23. The largest absolute Gasteiger partial charge is 0.495 e. The van der Waals surface area contributed by atoms with E-state index < -0.39 is 10.8 Å². The minimum Gasteiger partial charge on any atom is -0.495 e. The number of hydrogen-bond acceptors (Lipinski definition) is 4. The van der Waals surface area contributed by atoms with Crippen LogP contribution in [0.15, 0.2) is 23.1 Å². The Morgan fingerprint density at radius 1 is 1.50 bits per heavy atom. The summed E-state index contributed by atoms with van der Waals surface area (Å²) >= 11 is 0. The van der Waals surface area contributed by atoms with Gasteiger partial charge in [0.15, 0.2) is 0 Å². The predicted octanol–water partition coefficient (Wildman–Crippen LogP) is 1.40. The van der Waals surface area contributed by atoms with E-state index in [9.17, 15) is 9.00 Å². The molecule has 2 rings (SSSR count). The van der Waals surface area contributed by atoms with Gasteiger partial charge in [-0.15, -0.1) is 0 Å². The Labute approximate surface area is 121 Å². The highest BCUT2D eigenvalue weighted by Crippen LogP contribution is 2.28. The maximum Gasteiger partial charge on any atom is 0.235 e. The van der Waals surface area contributed by atoms with Crippen LogP contribution in [0, 0.1) is 0 Å². The monoisotopic (exact) mass is 296 g/mol. The minimum atomic E-state index is -1.42. The van der Waals surface area contributed by atoms with Crippen molar-refractivity contribution in [3.05, 3.63) is 18.2 Å². The van der Waals surface area contributed by atoms with Crippen molar-refractivity contribution >= 4 is 22.4 Å². The van der Waals surface area contributed by atoms with E-state index in [0.29, 0.717) is 28.9 Å². The van der Waals surface area contributed by atoms with Gasteiger partial charge < -0.3 is 15.4 Å². The van der Waals surface area contributed by atoms with Crippen molar-refractivity contribution in [2.45, 2.75) is 30.7 Å². The van der Waals surface area contributed by atoms with E-state index in [1.807, 2.05) is 11.8 Å². The Morgan fingerprint density at radius 3 is 2.75 bits per heavy atom. The molecule has 1 aromatic rings. The molecule has 0 radical (unpaired) electrons. The maximum absolute atomic E-state index is 12.4. The van der Waals surface area contributed by atoms with Crippen molar-refractivity contribution in [2.75, 3.05) is 25.1 Å². The highest BCUT2D eigenvalue weighted by Gasteiger charge is 2.32. The molecule has 2 N–H and O–H groups in total. The number of carbonyl (C=O) groups is 1. The molecule has 0 aliphatic heterocycles. The molecule has 1 aromatic carbocycles. The molecule has 0 heterocycles. The average molecular weight is 296 g/mol. The van der Waals surface area contributed by atoms with Crippen LogP contribution >= 0.6 is 0 Å². The van der Waals surface area contributed by atoms with Crippen LogP contribution in [-0.2, 0) is 15.6 Å². The van der Waals surface area contributed by atoms with Crippen molar-refractivity contribution in [3.63, 3.8) is 0 Å². The van der Waals surface area contributed by atoms with Gasteiger partial charge in [-0.1, -0.05) is 0 Å². The summed E-state index contributed by atoms with van der Waals surface area (Å²) in [6.07, 6.45) is 2.11. The Morgan fingerprint density at radius 2 is 2.20 bits per heavy atom. The first-order valence-electron chi connectivity index (χ1n) is 6.68. The standard InChI is InChI=1S/C14H20N2O3S/c1-3-16(11-5-6-11)14(17)9-20(18)13-7-4-10(15)8-12(13)19-2/h4,7-8,11H,3,5-6,9,15H2,1-2H3. The van der Waals surface area contributed by atoms with Crippen molar-refractivity contribution in [2.24, 2.45) is 0 Å². The number of hydrogen-bond donors (Lipinski definition) is 1. The molecule has 1 fully saturated rings. The van der Waals surface area contributed by atoms with Gasteiger partial charge in [0, 0.05) is 24.3 Å². The van der Waals surface area contributed by atoms with Crippen LogP contribution in [0.4, 0.5) is 5.69 Å². The fraction of sp³-hybridized carbons (Fsp3) is 0.500. The van der Waals surface area contributed by atoms with Crippen LogP contribution in [0.1, 0.15) is 19.8 Å². The van der Waals surface area contributed by atoms with Crippen LogP contribution in [0.2, 0.25) is 0 Å². The third-order valence-corrected chi connectivity index (χ3v) is 4.67. The molecule has 0 bridgehead atoms. The zero-order valence-corrected chi connectivity index (χ0v) is 12.6. The molecule has 1 aliphatic carbocycles. The zero-order valence-electron chi connectivity index (χ0n) is 11.8. The van der Waals surface area contributed by atoms with Gasteiger partial charge in [0.05, 0.1) is 22.8 Å². The Balaban J connectivity index is 2.09. The number of anilines is 1. The summed E-state index contributed by atoms with van der Waals surface area (Å²) in [6, 6.07) is 5.29. The zero-order chi connectivity index (χ0) is 14.7. The van der Waals surface area contributed by atoms with Crippen molar-refractivity contribution < 1.29 is 13.7 Å². The van der Waals surface area contributed by atoms with Crippen molar-refractivity contribution in [1.82, 2.24) is 4.90 Å². The number of nitrogens with zero attached hydrogens (tertiary/aromatic N) is 1. The summed E-state index contributed by atoms with van der Waals surface area (Å²) in [4.78, 5) is 14.5. The van der Waals surface area contributed by atoms with Gasteiger partial charge in [-0.2, -0.15) is 0 Å². The lowest BCUT2D eigenvalue weighted by Crippen LogP contribution is -2.36. The molecule has 1 aliphatic rings. The summed E-state index contributed by atoms with van der Waals surface area (Å²) in [7, 11) is 0.0839. The quantitative estimate of drug-likeness (QED) is 0.805. The third-order valence-electron chi connectivity index (χ3n) is 3.34. The number of carbonyl (C=O) groups excluding carboxylic acids is 1. The molecular formula is C14H20N2O3S. The molecule has 0 saturated heterocycles. The molecule has 0 spiro atoms. The van der Waals surface area contributed by atoms with Gasteiger partial charge >= 0.3 is 0 Å². The lowest BCUT2D eigenvalue weighted by atomic mass is 10.3. The van der Waals surface area contributed by atoms with E-state index in [2.05, 4.69) is 0 Å². The van der Waals surface area contributed by atoms with Crippen LogP contribution < -0.4 is 10.5 Å². The number of amides is 1. The van der Waals surface area contributed by atoms with E-state index in [1.165, 1.54) is 7.11 Å². The summed E-state index contributed by atoms with van der Waals surface area (Å²) in [5, 5.41) is 0. The number of nitrogen functional groups attached to an aromatic ring is 1. The van der Waals surface area contributed by atoms with E-state index >= 15 is 0 Å². The van der Waals surface area contributed by atoms with Gasteiger partial charge in [0.1, 0.15) is 11.5 Å². The maximum atomic E-state index is 12.4. The highest BCUT2D eigenvalue weighted by atomic mass is 32.2. The summed E-state index contributed by atoms with van der Waals surface area (Å²) in [6.45, 7) is 2.61. The normalized spacial score (nSPS) is 15.7. The molecule has 20 heavy (non-hydrogen) atoms. The lowest BCUT2D eigenvalue weighted by Gasteiger charge is -2.20. The predicted molar refractivity (Wildman–Crippen MR) is 79.1 cm³/mol. The number of rotatable bonds is 6. The van der Waals surface area contributed by atoms with Gasteiger partial charge in [-0.25, -0.2) is 0 Å². The van der Waals surface area contributed by atoms with Crippen LogP contribution in [-0.4, -0.2) is 40.5 Å². The van der Waals surface area contributed by atoms with E-state index in [1.54, 1.807) is 18.2 Å². The van der Waals surface area contributed by atoms with E-state index in [0.717, 1.165) is 12.8 Å². The Bertz CT molecular complexity index is 529. The molecule has 6 heteroatoms. The van der Waals surface area contributed by atoms with Crippen LogP contribution in [0.3, 0.4) is 0 Å². The smallest absolute Gasteiger partial charge is 0.235 e. The molecule has 1 amide bonds. The first-order valence-corrected chi connectivity index (χ1v) is 8.00. The van der Waals surface area contributed by atoms with Gasteiger partial charge in [-0.3, -0.25) is 9.00 Å². The number of benzene rings is 1. The van der Waals surface area contributed by atoms with E-state index in [-0.39, 0.29) is 11.7 Å². The van der Waals surface area contributed by atoms with Crippen molar-refractivity contribution in [3.8, 4) is 5.75 Å². The molecular weight excluding hydrogens is 276 g/mol. The average Bonchev–Trinajstić information content (AvgIpc) is 3.23. The Kier molecular flexibility index (Phi) is 4.65. The molecule has 5 nitrogen and oxygen atoms in total. The molecule has 0 aromatic heterocycles. The fourth-order valence-electron chi connectivity index (χ4n) is 2.17. The molecule has 1 saturated carbocycles. The lowest BCUT2D eigenvalue weighted by molar-refractivity contribution is -0.128. The first kappa shape index (κ1) is 14.8. The third kappa shape index (κ3) is 3.30. The summed E-state index contributed by atoms with van der Waals surface area (Å²) in [5.74, 6) is 0.391. The summed E-state index contributed by atoms with van der Waals surface area (Å²) in [5.41, 5.74) is 6.21. The second-order valence-electron chi connectivity index (χ2n) is 4.81. The highest BCUT2D eigenvalue weighted by molar-refractivity contribution is 7.85. The SMILES string of the molecule is CCN(C(=O)CS(=O)c1ccc(N)cc1OC)C1CC1. The van der Waals surface area contributed by atoms with Crippen LogP contribution in [0.5, 0.6) is 5.75 Å². The van der Waals surface area contributed by atoms with Crippen LogP contribution in [0.25, 0.3) is 0 Å². The summed E-state index contributed by atoms with van der Waals surface area (Å²) < 4.78 is 17.5. The van der Waals surface area contributed by atoms with Crippen molar-refractivity contribution in [1.29, 1.82) is 0 Å². The molecule has 1 unspecified atom stereocenters. The van der Waals surface area contributed by atoms with Gasteiger partial charge in [-0.05, 0) is 31.9 Å². The van der Waals surface area contributed by atoms with Gasteiger partial charge in [0.2, 0.25) is 5.91 Å². The minimum absolute atomic E-state index is 0.00931. The first-order chi connectivity index (χ1) is 9.56. The molecule has 1 atom stereocenters. The number of methoxy groups -OCH3 is 1. The molecule has 110 valence electrons. The topological polar surface area (TPSA) is 72.6 Å².